The van der Waals surface area contributed by atoms with E-state index in [2.05, 4.69) is 19.2 Å². The zero-order valence-electron chi connectivity index (χ0n) is 10.4. The first kappa shape index (κ1) is 13.8. The molecule has 0 atom stereocenters. The van der Waals surface area contributed by atoms with E-state index in [-0.39, 0.29) is 10.6 Å². The Balaban J connectivity index is 3.01. The third-order valence-corrected chi connectivity index (χ3v) is 3.40. The molecule has 0 unspecified atom stereocenters. The number of nitrogens with one attached hydrogen (secondary N) is 1. The van der Waals surface area contributed by atoms with Crippen LogP contribution in [0.5, 0.6) is 0 Å². The fourth-order valence-corrected chi connectivity index (χ4v) is 2.25. The molecule has 4 nitrogen and oxygen atoms in total. The topological polar surface area (TPSA) is 55.2 Å². The lowest BCUT2D eigenvalue weighted by molar-refractivity contribution is -0.384. The number of benzene rings is 1. The second kappa shape index (κ2) is 6.49. The minimum atomic E-state index is -0.332. The summed E-state index contributed by atoms with van der Waals surface area (Å²) in [5.74, 6) is 0.793. The van der Waals surface area contributed by atoms with E-state index in [9.17, 15) is 10.1 Å². The third kappa shape index (κ3) is 3.93. The van der Waals surface area contributed by atoms with Gasteiger partial charge in [-0.25, -0.2) is 0 Å². The molecule has 94 valence electrons. The SMILES string of the molecule is CCNc1c(CSC(C)C)cccc1[N+](=O)[O-]. The van der Waals surface area contributed by atoms with Crippen LogP contribution < -0.4 is 5.32 Å². The van der Waals surface area contributed by atoms with Crippen LogP contribution in [0.25, 0.3) is 0 Å². The summed E-state index contributed by atoms with van der Waals surface area (Å²) in [4.78, 5) is 10.6. The van der Waals surface area contributed by atoms with E-state index < -0.39 is 0 Å². The van der Waals surface area contributed by atoms with Gasteiger partial charge >= 0.3 is 0 Å². The molecule has 17 heavy (non-hydrogen) atoms. The number of thioether (sulfide) groups is 1. The van der Waals surface area contributed by atoms with Gasteiger partial charge in [-0.1, -0.05) is 26.0 Å². The second-order valence-electron chi connectivity index (χ2n) is 3.96. The van der Waals surface area contributed by atoms with Crippen molar-refractivity contribution in [2.24, 2.45) is 0 Å². The number of hydrogen-bond acceptors (Lipinski definition) is 4. The van der Waals surface area contributed by atoms with Gasteiger partial charge in [-0.05, 0) is 17.7 Å². The van der Waals surface area contributed by atoms with Crippen LogP contribution >= 0.6 is 11.8 Å². The fourth-order valence-electron chi connectivity index (χ4n) is 1.50. The smallest absolute Gasteiger partial charge is 0.292 e. The zero-order chi connectivity index (χ0) is 12.8. The van der Waals surface area contributed by atoms with Gasteiger partial charge in [-0.2, -0.15) is 11.8 Å². The Kier molecular flexibility index (Phi) is 5.28. The number of para-hydroxylation sites is 1. The third-order valence-electron chi connectivity index (χ3n) is 2.25. The highest BCUT2D eigenvalue weighted by Gasteiger charge is 2.16. The zero-order valence-corrected chi connectivity index (χ0v) is 11.2. The highest BCUT2D eigenvalue weighted by Crippen LogP contribution is 2.31. The quantitative estimate of drug-likeness (QED) is 0.621. The van der Waals surface area contributed by atoms with Crippen molar-refractivity contribution in [3.8, 4) is 0 Å². The van der Waals surface area contributed by atoms with Gasteiger partial charge in [0.05, 0.1) is 4.92 Å². The average molecular weight is 254 g/mol. The molecule has 1 rings (SSSR count). The van der Waals surface area contributed by atoms with E-state index in [4.69, 9.17) is 0 Å². The molecule has 0 radical (unpaired) electrons. The molecule has 0 bridgehead atoms. The van der Waals surface area contributed by atoms with E-state index in [0.29, 0.717) is 17.5 Å². The molecule has 0 aromatic heterocycles. The first-order chi connectivity index (χ1) is 8.06. The molecule has 1 aromatic carbocycles. The van der Waals surface area contributed by atoms with Gasteiger partial charge in [0.1, 0.15) is 5.69 Å². The summed E-state index contributed by atoms with van der Waals surface area (Å²) in [6, 6.07) is 5.23. The Morgan fingerprint density at radius 2 is 2.18 bits per heavy atom. The first-order valence-corrected chi connectivity index (χ1v) is 6.72. The maximum absolute atomic E-state index is 10.9. The Morgan fingerprint density at radius 1 is 1.47 bits per heavy atom. The van der Waals surface area contributed by atoms with E-state index in [0.717, 1.165) is 11.3 Å². The van der Waals surface area contributed by atoms with Crippen LogP contribution in [-0.4, -0.2) is 16.7 Å². The van der Waals surface area contributed by atoms with Crippen LogP contribution in [0.2, 0.25) is 0 Å². The number of rotatable bonds is 6. The predicted octanol–water partition coefficient (Wildman–Crippen LogP) is 3.67. The van der Waals surface area contributed by atoms with E-state index in [1.807, 2.05) is 13.0 Å². The van der Waals surface area contributed by atoms with E-state index >= 15 is 0 Å². The summed E-state index contributed by atoms with van der Waals surface area (Å²) in [7, 11) is 0. The molecule has 1 aromatic rings. The Morgan fingerprint density at radius 3 is 2.71 bits per heavy atom. The van der Waals surface area contributed by atoms with Crippen molar-refractivity contribution in [2.45, 2.75) is 31.8 Å². The van der Waals surface area contributed by atoms with Gasteiger partial charge in [0.2, 0.25) is 0 Å². The molecule has 5 heteroatoms. The van der Waals surface area contributed by atoms with Crippen molar-refractivity contribution in [3.05, 3.63) is 33.9 Å². The molecule has 0 aliphatic carbocycles. The molecule has 0 aliphatic heterocycles. The van der Waals surface area contributed by atoms with Crippen LogP contribution in [0.4, 0.5) is 11.4 Å². The van der Waals surface area contributed by atoms with Crippen LogP contribution in [0.15, 0.2) is 18.2 Å². The summed E-state index contributed by atoms with van der Waals surface area (Å²) < 4.78 is 0. The average Bonchev–Trinajstić information content (AvgIpc) is 2.27. The molecule has 0 spiro atoms. The largest absolute Gasteiger partial charge is 0.380 e. The van der Waals surface area contributed by atoms with Gasteiger partial charge in [0.25, 0.3) is 5.69 Å². The number of hydrogen-bond donors (Lipinski definition) is 1. The second-order valence-corrected chi connectivity index (χ2v) is 5.52. The lowest BCUT2D eigenvalue weighted by Gasteiger charge is -2.12. The molecule has 0 saturated carbocycles. The Bertz CT molecular complexity index is 394. The van der Waals surface area contributed by atoms with Gasteiger partial charge in [0.15, 0.2) is 0 Å². The summed E-state index contributed by atoms with van der Waals surface area (Å²) in [6.07, 6.45) is 0. The van der Waals surface area contributed by atoms with Gasteiger partial charge in [-0.3, -0.25) is 10.1 Å². The van der Waals surface area contributed by atoms with E-state index in [1.165, 1.54) is 0 Å². The van der Waals surface area contributed by atoms with Crippen molar-refractivity contribution < 1.29 is 4.92 Å². The maximum atomic E-state index is 10.9. The fraction of sp³-hybridized carbons (Fsp3) is 0.500. The molecule has 0 heterocycles. The van der Waals surface area contributed by atoms with Crippen molar-refractivity contribution >= 4 is 23.1 Å². The number of anilines is 1. The van der Waals surface area contributed by atoms with Gasteiger partial charge < -0.3 is 5.32 Å². The molecular formula is C12H18N2O2S. The number of nitro benzene ring substituents is 1. The standard InChI is InChI=1S/C12H18N2O2S/c1-4-13-12-10(8-17-9(2)3)6-5-7-11(12)14(15)16/h5-7,9,13H,4,8H2,1-3H3. The van der Waals surface area contributed by atoms with Gasteiger partial charge in [0, 0.05) is 18.4 Å². The van der Waals surface area contributed by atoms with Crippen LogP contribution in [0.1, 0.15) is 26.3 Å². The monoisotopic (exact) mass is 254 g/mol. The molecule has 0 aliphatic rings. The number of nitrogens with zero attached hydrogens (tertiary/aromatic N) is 1. The summed E-state index contributed by atoms with van der Waals surface area (Å²) in [6.45, 7) is 6.87. The molecule has 0 fully saturated rings. The van der Waals surface area contributed by atoms with Gasteiger partial charge in [-0.15, -0.1) is 0 Å². The first-order valence-electron chi connectivity index (χ1n) is 5.68. The lowest BCUT2D eigenvalue weighted by Crippen LogP contribution is -2.04. The summed E-state index contributed by atoms with van der Waals surface area (Å²) >= 11 is 1.78. The highest BCUT2D eigenvalue weighted by molar-refractivity contribution is 7.99. The molecule has 0 amide bonds. The maximum Gasteiger partial charge on any atom is 0.292 e. The molecule has 0 saturated heterocycles. The van der Waals surface area contributed by atoms with Crippen LogP contribution in [0, 0.1) is 10.1 Å². The van der Waals surface area contributed by atoms with Crippen LogP contribution in [-0.2, 0) is 5.75 Å². The van der Waals surface area contributed by atoms with Crippen molar-refractivity contribution in [2.75, 3.05) is 11.9 Å². The van der Waals surface area contributed by atoms with E-state index in [1.54, 1.807) is 23.9 Å². The van der Waals surface area contributed by atoms with Crippen LogP contribution in [0.3, 0.4) is 0 Å². The minimum Gasteiger partial charge on any atom is -0.380 e. The summed E-state index contributed by atoms with van der Waals surface area (Å²) in [5, 5.41) is 14.6. The summed E-state index contributed by atoms with van der Waals surface area (Å²) in [5.41, 5.74) is 1.82. The Labute approximate surface area is 106 Å². The number of nitro groups is 1. The van der Waals surface area contributed by atoms with Crippen molar-refractivity contribution in [1.29, 1.82) is 0 Å². The Hall–Kier alpha value is -1.23. The normalized spacial score (nSPS) is 10.6. The molecule has 1 N–H and O–H groups in total. The molecular weight excluding hydrogens is 236 g/mol. The lowest BCUT2D eigenvalue weighted by atomic mass is 10.1. The highest BCUT2D eigenvalue weighted by atomic mass is 32.2. The van der Waals surface area contributed by atoms with Crippen molar-refractivity contribution in [1.82, 2.24) is 0 Å². The minimum absolute atomic E-state index is 0.161. The van der Waals surface area contributed by atoms with Crippen molar-refractivity contribution in [3.63, 3.8) is 0 Å². The predicted molar refractivity (Wildman–Crippen MR) is 73.7 cm³/mol.